The molecule has 3 aromatic rings. The summed E-state index contributed by atoms with van der Waals surface area (Å²) >= 11 is 3.43. The van der Waals surface area contributed by atoms with Crippen molar-refractivity contribution >= 4 is 27.7 Å². The molecule has 0 fully saturated rings. The predicted octanol–water partition coefficient (Wildman–Crippen LogP) is 2.89. The third kappa shape index (κ3) is 3.01. The van der Waals surface area contributed by atoms with E-state index < -0.39 is 6.04 Å². The second-order valence-corrected chi connectivity index (χ2v) is 6.84. The van der Waals surface area contributed by atoms with Crippen molar-refractivity contribution in [2.45, 2.75) is 12.5 Å². The van der Waals surface area contributed by atoms with Crippen LogP contribution in [0.2, 0.25) is 0 Å². The highest BCUT2D eigenvalue weighted by atomic mass is 79.9. The van der Waals surface area contributed by atoms with Gasteiger partial charge in [-0.3, -0.25) is 5.32 Å². The van der Waals surface area contributed by atoms with Crippen LogP contribution in [0.4, 0.5) is 5.82 Å². The lowest BCUT2D eigenvalue weighted by Gasteiger charge is -2.03. The Balaban J connectivity index is 1.64. The number of nitrogens with zero attached hydrogens (tertiary/aromatic N) is 2. The average Bonchev–Trinajstić information content (AvgIpc) is 2.94. The number of phenolic OH excluding ortho intramolecular Hbond substituents is 2. The molecule has 0 bridgehead atoms. The molecule has 0 saturated heterocycles. The van der Waals surface area contributed by atoms with Crippen molar-refractivity contribution in [3.63, 3.8) is 0 Å². The van der Waals surface area contributed by atoms with Gasteiger partial charge >= 0.3 is 11.7 Å². The summed E-state index contributed by atoms with van der Waals surface area (Å²) in [5.41, 5.74) is 2.37. The lowest BCUT2D eigenvalue weighted by atomic mass is 10.1. The van der Waals surface area contributed by atoms with E-state index in [1.165, 1.54) is 0 Å². The van der Waals surface area contributed by atoms with Gasteiger partial charge in [0.25, 0.3) is 0 Å². The molecule has 3 N–H and O–H groups in total. The molecule has 1 unspecified atom stereocenters. The van der Waals surface area contributed by atoms with Gasteiger partial charge in [0.1, 0.15) is 23.4 Å². The number of fused-ring (bicyclic) bond motifs is 1. The van der Waals surface area contributed by atoms with Crippen LogP contribution in [0, 0.1) is 0 Å². The number of halogens is 1. The fourth-order valence-electron chi connectivity index (χ4n) is 2.95. The van der Waals surface area contributed by atoms with E-state index >= 15 is 0 Å². The molecule has 130 valence electrons. The highest BCUT2D eigenvalue weighted by Gasteiger charge is 2.40. The first-order chi connectivity index (χ1) is 12.5. The maximum absolute atomic E-state index is 12.8. The Morgan fingerprint density at radius 1 is 1.04 bits per heavy atom. The number of nitrogens with one attached hydrogen (secondary N) is 1. The number of carbonyl (C=O) groups excluding carboxylic acids is 1. The predicted molar refractivity (Wildman–Crippen MR) is 99.1 cm³/mol. The summed E-state index contributed by atoms with van der Waals surface area (Å²) in [5.74, 6) is 0.911. The number of rotatable bonds is 3. The van der Waals surface area contributed by atoms with Crippen LogP contribution in [0.15, 0.2) is 59.3 Å². The molecule has 0 aliphatic carbocycles. The van der Waals surface area contributed by atoms with E-state index in [1.54, 1.807) is 59.3 Å². The minimum absolute atomic E-state index is 0.0730. The maximum atomic E-state index is 12.8. The molecule has 2 heterocycles. The summed E-state index contributed by atoms with van der Waals surface area (Å²) in [6, 6.07) is 13.1. The molecule has 1 aromatic heterocycles. The van der Waals surface area contributed by atoms with Crippen molar-refractivity contribution in [3.05, 3.63) is 64.9 Å². The number of carbonyl (C=O) groups is 1. The maximum Gasteiger partial charge on any atom is 0.359 e. The molecule has 4 rings (SSSR count). The molecule has 0 spiro atoms. The SMILES string of the molecule is O=C1C(Cc2ccc(O)cc2)Nc2c(Br)nc(-c3ccc(O)cc3)c[n+]21. The molecule has 0 amide bonds. The molecule has 0 saturated carbocycles. The van der Waals surface area contributed by atoms with Crippen molar-refractivity contribution in [2.24, 2.45) is 0 Å². The number of aromatic hydroxyl groups is 2. The van der Waals surface area contributed by atoms with Crippen LogP contribution in [0.5, 0.6) is 11.5 Å². The van der Waals surface area contributed by atoms with Crippen molar-refractivity contribution in [1.29, 1.82) is 0 Å². The van der Waals surface area contributed by atoms with Crippen LogP contribution in [-0.2, 0) is 6.42 Å². The van der Waals surface area contributed by atoms with Crippen LogP contribution in [0.1, 0.15) is 10.4 Å². The quantitative estimate of drug-likeness (QED) is 0.575. The Morgan fingerprint density at radius 3 is 2.31 bits per heavy atom. The first-order valence-electron chi connectivity index (χ1n) is 8.01. The van der Waals surface area contributed by atoms with Gasteiger partial charge in [-0.05, 0) is 57.9 Å². The van der Waals surface area contributed by atoms with Crippen molar-refractivity contribution < 1.29 is 19.6 Å². The molecular weight excluding hydrogens is 398 g/mol. The summed E-state index contributed by atoms with van der Waals surface area (Å²) < 4.78 is 2.11. The smallest absolute Gasteiger partial charge is 0.359 e. The number of anilines is 1. The van der Waals surface area contributed by atoms with E-state index in [0.29, 0.717) is 22.5 Å². The van der Waals surface area contributed by atoms with Gasteiger partial charge in [0, 0.05) is 12.0 Å². The summed E-state index contributed by atoms with van der Waals surface area (Å²) in [4.78, 5) is 17.3. The van der Waals surface area contributed by atoms with Gasteiger partial charge in [-0.15, -0.1) is 0 Å². The Morgan fingerprint density at radius 2 is 1.65 bits per heavy atom. The van der Waals surface area contributed by atoms with Crippen LogP contribution >= 0.6 is 15.9 Å². The largest absolute Gasteiger partial charge is 0.508 e. The standard InChI is InChI=1S/C19H14BrN3O3/c20-17-18-22-15(9-11-1-5-13(24)6-2-11)19(26)23(18)10-16(21-17)12-3-7-14(25)8-4-12/h1-8,10,15,24-25H,9H2/p+1. The van der Waals surface area contributed by atoms with Gasteiger partial charge in [-0.1, -0.05) is 12.1 Å². The van der Waals surface area contributed by atoms with Crippen LogP contribution < -0.4 is 9.88 Å². The number of phenols is 2. The summed E-state index contributed by atoms with van der Waals surface area (Å²) in [6.45, 7) is 0. The molecule has 1 atom stereocenters. The minimum Gasteiger partial charge on any atom is -0.508 e. The number of benzene rings is 2. The Hall–Kier alpha value is -2.93. The minimum atomic E-state index is -0.410. The van der Waals surface area contributed by atoms with E-state index in [0.717, 1.165) is 11.1 Å². The van der Waals surface area contributed by atoms with Gasteiger partial charge in [0.05, 0.1) is 0 Å². The van der Waals surface area contributed by atoms with Gasteiger partial charge < -0.3 is 10.2 Å². The van der Waals surface area contributed by atoms with Crippen molar-refractivity contribution in [2.75, 3.05) is 5.32 Å². The van der Waals surface area contributed by atoms with E-state index in [2.05, 4.69) is 26.2 Å². The first-order valence-corrected chi connectivity index (χ1v) is 8.81. The zero-order valence-corrected chi connectivity index (χ0v) is 15.1. The zero-order chi connectivity index (χ0) is 18.3. The van der Waals surface area contributed by atoms with E-state index in [-0.39, 0.29) is 17.4 Å². The van der Waals surface area contributed by atoms with Crippen molar-refractivity contribution in [3.8, 4) is 22.8 Å². The molecule has 1 aliphatic heterocycles. The second kappa shape index (κ2) is 6.42. The molecule has 1 aliphatic rings. The van der Waals surface area contributed by atoms with Crippen LogP contribution in [0.3, 0.4) is 0 Å². The monoisotopic (exact) mass is 412 g/mol. The summed E-state index contributed by atoms with van der Waals surface area (Å²) in [7, 11) is 0. The first kappa shape index (κ1) is 16.5. The molecule has 26 heavy (non-hydrogen) atoms. The molecule has 7 heteroatoms. The Labute approximate surface area is 157 Å². The lowest BCUT2D eigenvalue weighted by molar-refractivity contribution is -0.552. The summed E-state index contributed by atoms with van der Waals surface area (Å²) in [5, 5.41) is 22.0. The topological polar surface area (TPSA) is 86.3 Å². The molecule has 0 radical (unpaired) electrons. The highest BCUT2D eigenvalue weighted by Crippen LogP contribution is 2.27. The Bertz CT molecular complexity index is 988. The number of aromatic nitrogens is 2. The second-order valence-electron chi connectivity index (χ2n) is 6.09. The summed E-state index contributed by atoms with van der Waals surface area (Å²) in [6.07, 6.45) is 2.19. The molecular formula is C19H15BrN3O3+. The van der Waals surface area contributed by atoms with Gasteiger partial charge in [-0.25, -0.2) is 9.78 Å². The van der Waals surface area contributed by atoms with Crippen molar-refractivity contribution in [1.82, 2.24) is 4.98 Å². The van der Waals surface area contributed by atoms with Crippen LogP contribution in [0.25, 0.3) is 11.3 Å². The van der Waals surface area contributed by atoms with E-state index in [1.807, 2.05) is 0 Å². The van der Waals surface area contributed by atoms with Gasteiger partial charge in [0.2, 0.25) is 0 Å². The number of hydrogen-bond acceptors (Lipinski definition) is 5. The fraction of sp³-hybridized carbons (Fsp3) is 0.105. The van der Waals surface area contributed by atoms with Gasteiger partial charge in [0.15, 0.2) is 10.6 Å². The van der Waals surface area contributed by atoms with E-state index in [4.69, 9.17) is 0 Å². The van der Waals surface area contributed by atoms with Gasteiger partial charge in [-0.2, -0.15) is 4.57 Å². The zero-order valence-electron chi connectivity index (χ0n) is 13.6. The number of hydrogen-bond donors (Lipinski definition) is 3. The third-order valence-corrected chi connectivity index (χ3v) is 4.84. The molecule has 6 nitrogen and oxygen atoms in total. The highest BCUT2D eigenvalue weighted by molar-refractivity contribution is 9.10. The third-order valence-electron chi connectivity index (χ3n) is 4.29. The molecule has 2 aromatic carbocycles. The van der Waals surface area contributed by atoms with E-state index in [9.17, 15) is 15.0 Å². The Kier molecular flexibility index (Phi) is 4.08. The normalized spacial score (nSPS) is 15.6. The fourth-order valence-corrected chi connectivity index (χ4v) is 3.45. The lowest BCUT2D eigenvalue weighted by Crippen LogP contribution is -2.43. The average molecular weight is 413 g/mol. The van der Waals surface area contributed by atoms with Crippen LogP contribution in [-0.4, -0.2) is 27.1 Å².